The van der Waals surface area contributed by atoms with Crippen molar-refractivity contribution in [1.29, 1.82) is 5.41 Å². The van der Waals surface area contributed by atoms with Crippen LogP contribution in [0.15, 0.2) is 83.5 Å². The summed E-state index contributed by atoms with van der Waals surface area (Å²) in [4.78, 5) is 17.3. The number of benzene rings is 2. The molecule has 2 heterocycles. The van der Waals surface area contributed by atoms with Gasteiger partial charge in [-0.15, -0.1) is 0 Å². The van der Waals surface area contributed by atoms with Crippen molar-refractivity contribution in [3.8, 4) is 17.1 Å². The number of phenols is 1. The number of carbonyl (C=O) groups excluding carboxylic acids is 1. The van der Waals surface area contributed by atoms with Crippen LogP contribution in [0.4, 0.5) is 0 Å². The van der Waals surface area contributed by atoms with Crippen molar-refractivity contribution < 1.29 is 14.3 Å². The number of nitrogens with zero attached hydrogens (tertiary/aromatic N) is 1. The van der Waals surface area contributed by atoms with Gasteiger partial charge in [-0.05, 0) is 49.4 Å². The number of aromatic hydroxyl groups is 1. The van der Waals surface area contributed by atoms with Crippen molar-refractivity contribution in [3.05, 3.63) is 107 Å². The summed E-state index contributed by atoms with van der Waals surface area (Å²) in [5, 5.41) is 22.5. The topological polar surface area (TPSA) is 99.2 Å². The molecule has 33 heavy (non-hydrogen) atoms. The summed E-state index contributed by atoms with van der Waals surface area (Å²) in [5.74, 6) is 0.712. The zero-order valence-electron chi connectivity index (χ0n) is 17.9. The first-order chi connectivity index (χ1) is 15.9. The predicted molar refractivity (Wildman–Crippen MR) is 128 cm³/mol. The van der Waals surface area contributed by atoms with E-state index in [-0.39, 0.29) is 18.1 Å². The molecule has 3 N–H and O–H groups in total. The molecule has 0 aliphatic rings. The summed E-state index contributed by atoms with van der Waals surface area (Å²) in [7, 11) is 0. The molecule has 4 rings (SSSR count). The first-order valence-electron chi connectivity index (χ1n) is 10.4. The molecule has 2 aromatic heterocycles. The maximum absolute atomic E-state index is 13.2. The van der Waals surface area contributed by atoms with Crippen molar-refractivity contribution in [2.24, 2.45) is 0 Å². The summed E-state index contributed by atoms with van der Waals surface area (Å²) < 4.78 is 5.82. The summed E-state index contributed by atoms with van der Waals surface area (Å²) in [6.07, 6.45) is 3.42. The normalized spacial score (nSPS) is 11.7. The van der Waals surface area contributed by atoms with E-state index in [1.165, 1.54) is 0 Å². The number of aromatic nitrogens is 1. The van der Waals surface area contributed by atoms with E-state index in [1.54, 1.807) is 73.9 Å². The van der Waals surface area contributed by atoms with E-state index >= 15 is 0 Å². The number of nitrogens with one attached hydrogen (secondary N) is 2. The standard InChI is InChI=1S/C26H22ClN3O3/c1-16-21(13-25(33-16)17-8-10-19(27)11-9-17)26(32)30-23(20-6-2-3-7-24(20)31)14-22(28)18-5-4-12-29-15-18/h2-13,15,23,28,31H,14H2,1H3,(H,30,32). The van der Waals surface area contributed by atoms with Crippen LogP contribution in [0.25, 0.3) is 11.3 Å². The lowest BCUT2D eigenvalue weighted by Gasteiger charge is -2.20. The highest BCUT2D eigenvalue weighted by atomic mass is 35.5. The SMILES string of the molecule is Cc1oc(-c2ccc(Cl)cc2)cc1C(=O)NC(CC(=N)c1cccnc1)c1ccccc1O. The van der Waals surface area contributed by atoms with Gasteiger partial charge >= 0.3 is 0 Å². The average Bonchev–Trinajstić information content (AvgIpc) is 3.21. The van der Waals surface area contributed by atoms with Crippen LogP contribution in [0, 0.1) is 12.3 Å². The lowest BCUT2D eigenvalue weighted by atomic mass is 9.97. The van der Waals surface area contributed by atoms with Gasteiger partial charge in [0.15, 0.2) is 0 Å². The van der Waals surface area contributed by atoms with Gasteiger partial charge in [-0.2, -0.15) is 0 Å². The van der Waals surface area contributed by atoms with E-state index in [9.17, 15) is 9.90 Å². The number of hydrogen-bond donors (Lipinski definition) is 3. The van der Waals surface area contributed by atoms with Crippen molar-refractivity contribution in [3.63, 3.8) is 0 Å². The first kappa shape index (κ1) is 22.3. The van der Waals surface area contributed by atoms with Gasteiger partial charge in [0.05, 0.1) is 11.6 Å². The summed E-state index contributed by atoms with van der Waals surface area (Å²) >= 11 is 5.96. The molecule has 0 saturated carbocycles. The number of rotatable bonds is 7. The van der Waals surface area contributed by atoms with Gasteiger partial charge in [0.1, 0.15) is 17.3 Å². The zero-order valence-corrected chi connectivity index (χ0v) is 18.6. The van der Waals surface area contributed by atoms with Gasteiger partial charge in [0.2, 0.25) is 0 Å². The van der Waals surface area contributed by atoms with E-state index in [0.29, 0.717) is 38.9 Å². The predicted octanol–water partition coefficient (Wildman–Crippen LogP) is 5.94. The summed E-state index contributed by atoms with van der Waals surface area (Å²) in [5.41, 5.74) is 2.66. The highest BCUT2D eigenvalue weighted by Crippen LogP contribution is 2.30. The lowest BCUT2D eigenvalue weighted by molar-refractivity contribution is 0.0936. The molecule has 4 aromatic rings. The quantitative estimate of drug-likeness (QED) is 0.298. The van der Waals surface area contributed by atoms with Crippen LogP contribution >= 0.6 is 11.6 Å². The van der Waals surface area contributed by atoms with Gasteiger partial charge in [0, 0.05) is 46.2 Å². The van der Waals surface area contributed by atoms with Crippen LogP contribution in [-0.2, 0) is 0 Å². The molecule has 1 amide bonds. The minimum absolute atomic E-state index is 0.0487. The molecule has 0 fully saturated rings. The maximum atomic E-state index is 13.2. The molecule has 0 radical (unpaired) electrons. The lowest BCUT2D eigenvalue weighted by Crippen LogP contribution is -2.30. The second-order valence-corrected chi connectivity index (χ2v) is 8.03. The van der Waals surface area contributed by atoms with E-state index in [0.717, 1.165) is 5.56 Å². The highest BCUT2D eigenvalue weighted by molar-refractivity contribution is 6.30. The van der Waals surface area contributed by atoms with Crippen molar-refractivity contribution >= 4 is 23.2 Å². The van der Waals surface area contributed by atoms with Gasteiger partial charge in [-0.25, -0.2) is 0 Å². The van der Waals surface area contributed by atoms with Crippen LogP contribution in [0.2, 0.25) is 5.02 Å². The summed E-state index contributed by atoms with van der Waals surface area (Å²) in [6, 6.07) is 18.5. The molecule has 1 atom stereocenters. The number of carbonyl (C=O) groups is 1. The maximum Gasteiger partial charge on any atom is 0.255 e. The molecule has 2 aromatic carbocycles. The van der Waals surface area contributed by atoms with Gasteiger partial charge in [0.25, 0.3) is 5.91 Å². The Kier molecular flexibility index (Phi) is 6.56. The number of hydrogen-bond acceptors (Lipinski definition) is 5. The largest absolute Gasteiger partial charge is 0.508 e. The average molecular weight is 460 g/mol. The van der Waals surface area contributed by atoms with Crippen LogP contribution in [0.5, 0.6) is 5.75 Å². The first-order valence-corrected chi connectivity index (χ1v) is 10.7. The second kappa shape index (κ2) is 9.71. The van der Waals surface area contributed by atoms with E-state index in [4.69, 9.17) is 21.4 Å². The van der Waals surface area contributed by atoms with Gasteiger partial charge in [-0.3, -0.25) is 9.78 Å². The fourth-order valence-electron chi connectivity index (χ4n) is 3.58. The Labute approximate surface area is 196 Å². The third kappa shape index (κ3) is 5.13. The van der Waals surface area contributed by atoms with E-state index in [2.05, 4.69) is 10.3 Å². The fraction of sp³-hybridized carbons (Fsp3) is 0.115. The molecule has 0 saturated heterocycles. The van der Waals surface area contributed by atoms with Crippen LogP contribution in [-0.4, -0.2) is 21.7 Å². The molecule has 0 spiro atoms. The Morgan fingerprint density at radius 2 is 1.91 bits per heavy atom. The highest BCUT2D eigenvalue weighted by Gasteiger charge is 2.23. The number of pyridine rings is 1. The van der Waals surface area contributed by atoms with Crippen molar-refractivity contribution in [2.75, 3.05) is 0 Å². The number of amides is 1. The van der Waals surface area contributed by atoms with Crippen LogP contribution < -0.4 is 5.32 Å². The summed E-state index contributed by atoms with van der Waals surface area (Å²) in [6.45, 7) is 1.72. The molecule has 166 valence electrons. The van der Waals surface area contributed by atoms with Crippen molar-refractivity contribution in [1.82, 2.24) is 10.3 Å². The second-order valence-electron chi connectivity index (χ2n) is 7.60. The molecule has 6 nitrogen and oxygen atoms in total. The Morgan fingerprint density at radius 3 is 2.61 bits per heavy atom. The number of furan rings is 1. The fourth-order valence-corrected chi connectivity index (χ4v) is 3.71. The minimum Gasteiger partial charge on any atom is -0.508 e. The third-order valence-electron chi connectivity index (χ3n) is 5.33. The molecular weight excluding hydrogens is 438 g/mol. The molecule has 1 unspecified atom stereocenters. The molecular formula is C26H22ClN3O3. The number of phenolic OH excluding ortho intramolecular Hbond substituents is 1. The number of para-hydroxylation sites is 1. The zero-order chi connectivity index (χ0) is 23.4. The Bertz CT molecular complexity index is 1280. The number of halogens is 1. The monoisotopic (exact) mass is 459 g/mol. The minimum atomic E-state index is -0.625. The van der Waals surface area contributed by atoms with E-state index in [1.807, 2.05) is 12.1 Å². The number of aryl methyl sites for hydroxylation is 1. The third-order valence-corrected chi connectivity index (χ3v) is 5.58. The Morgan fingerprint density at radius 1 is 1.15 bits per heavy atom. The Balaban J connectivity index is 1.61. The van der Waals surface area contributed by atoms with Crippen LogP contribution in [0.3, 0.4) is 0 Å². The molecule has 0 bridgehead atoms. The van der Waals surface area contributed by atoms with Gasteiger partial charge in [-0.1, -0.05) is 35.9 Å². The van der Waals surface area contributed by atoms with E-state index < -0.39 is 6.04 Å². The van der Waals surface area contributed by atoms with Gasteiger partial charge < -0.3 is 20.2 Å². The molecule has 0 aliphatic heterocycles. The molecule has 7 heteroatoms. The smallest absolute Gasteiger partial charge is 0.255 e. The van der Waals surface area contributed by atoms with Crippen LogP contribution in [0.1, 0.15) is 39.7 Å². The Hall–Kier alpha value is -3.90. The van der Waals surface area contributed by atoms with Crippen molar-refractivity contribution in [2.45, 2.75) is 19.4 Å². The molecule has 0 aliphatic carbocycles.